The van der Waals surface area contributed by atoms with Gasteiger partial charge in [0.05, 0.1) is 12.7 Å². The molecular weight excluding hydrogens is 372 g/mol. The summed E-state index contributed by atoms with van der Waals surface area (Å²) in [6.45, 7) is 2.82. The van der Waals surface area contributed by atoms with Crippen molar-refractivity contribution in [3.63, 3.8) is 0 Å². The summed E-state index contributed by atoms with van der Waals surface area (Å²) in [5, 5.41) is 0.926. The van der Waals surface area contributed by atoms with Gasteiger partial charge in [-0.2, -0.15) is 4.37 Å². The van der Waals surface area contributed by atoms with Crippen LogP contribution in [0.1, 0.15) is 21.7 Å². The Kier molecular flexibility index (Phi) is 5.53. The van der Waals surface area contributed by atoms with E-state index in [9.17, 15) is 4.79 Å². The molecule has 1 aliphatic heterocycles. The number of rotatable bonds is 5. The summed E-state index contributed by atoms with van der Waals surface area (Å²) in [6.07, 6.45) is 0.740. The number of carbonyl (C=O) groups excluding carboxylic acids is 1. The molecule has 0 N–H and O–H groups in total. The van der Waals surface area contributed by atoms with Crippen LogP contribution in [0.15, 0.2) is 54.6 Å². The molecule has 0 aliphatic carbocycles. The second-order valence-electron chi connectivity index (χ2n) is 6.64. The quantitative estimate of drug-likeness (QED) is 0.666. The van der Waals surface area contributed by atoms with Crippen LogP contribution in [0.2, 0.25) is 0 Å². The molecule has 28 heavy (non-hydrogen) atoms. The lowest BCUT2D eigenvalue weighted by Gasteiger charge is -2.34. The number of para-hydroxylation sites is 1. The number of hydrogen-bond acceptors (Lipinski definition) is 6. The van der Waals surface area contributed by atoms with Gasteiger partial charge in [0.15, 0.2) is 0 Å². The highest BCUT2D eigenvalue weighted by atomic mass is 32.1. The minimum absolute atomic E-state index is 0.0131. The van der Waals surface area contributed by atoms with Gasteiger partial charge < -0.3 is 14.5 Å². The number of aromatic nitrogens is 2. The van der Waals surface area contributed by atoms with Gasteiger partial charge in [-0.15, -0.1) is 0 Å². The zero-order chi connectivity index (χ0) is 19.3. The number of anilines is 1. The van der Waals surface area contributed by atoms with E-state index in [-0.39, 0.29) is 5.91 Å². The van der Waals surface area contributed by atoms with Crippen molar-refractivity contribution < 1.29 is 9.53 Å². The van der Waals surface area contributed by atoms with E-state index in [1.165, 1.54) is 17.1 Å². The average Bonchev–Trinajstić information content (AvgIpc) is 3.22. The van der Waals surface area contributed by atoms with E-state index in [0.717, 1.165) is 30.5 Å². The molecule has 0 unspecified atom stereocenters. The molecule has 1 fully saturated rings. The zero-order valence-corrected chi connectivity index (χ0v) is 16.6. The largest absolute Gasteiger partial charge is 0.496 e. The van der Waals surface area contributed by atoms with Crippen molar-refractivity contribution in [2.24, 2.45) is 0 Å². The number of hydrogen-bond donors (Lipinski definition) is 0. The Morgan fingerprint density at radius 1 is 1.04 bits per heavy atom. The summed E-state index contributed by atoms with van der Waals surface area (Å²) in [6, 6.07) is 17.6. The van der Waals surface area contributed by atoms with E-state index in [1.807, 2.05) is 47.4 Å². The lowest BCUT2D eigenvalue weighted by Crippen LogP contribution is -2.48. The number of methoxy groups -OCH3 is 1. The average molecular weight is 395 g/mol. The molecule has 0 radical (unpaired) electrons. The summed E-state index contributed by atoms with van der Waals surface area (Å²) in [5.41, 5.74) is 1.82. The van der Waals surface area contributed by atoms with Crippen molar-refractivity contribution in [2.75, 3.05) is 38.2 Å². The van der Waals surface area contributed by atoms with Crippen molar-refractivity contribution in [3.05, 3.63) is 71.5 Å². The van der Waals surface area contributed by atoms with Crippen molar-refractivity contribution >= 4 is 22.6 Å². The molecule has 7 heteroatoms. The van der Waals surface area contributed by atoms with Gasteiger partial charge in [-0.3, -0.25) is 4.79 Å². The minimum atomic E-state index is 0.0131. The van der Waals surface area contributed by atoms with Gasteiger partial charge in [0.1, 0.15) is 11.6 Å². The standard InChI is InChI=1S/C21H22N4O2S/c1-27-18-10-6-5-9-17(18)20(26)24-11-13-25(14-12-24)21-22-19(23-28-21)15-16-7-3-2-4-8-16/h2-10H,11-15H2,1H3. The van der Waals surface area contributed by atoms with Crippen LogP contribution in [-0.4, -0.2) is 53.5 Å². The van der Waals surface area contributed by atoms with Crippen molar-refractivity contribution in [3.8, 4) is 5.75 Å². The first-order valence-corrected chi connectivity index (χ1v) is 10.1. The Morgan fingerprint density at radius 2 is 1.75 bits per heavy atom. The maximum atomic E-state index is 12.8. The molecule has 1 aromatic heterocycles. The third-order valence-electron chi connectivity index (χ3n) is 4.84. The molecule has 0 spiro atoms. The van der Waals surface area contributed by atoms with Gasteiger partial charge in [-0.1, -0.05) is 42.5 Å². The summed E-state index contributed by atoms with van der Waals surface area (Å²) >= 11 is 1.43. The molecule has 0 saturated carbocycles. The second kappa shape index (κ2) is 8.39. The van der Waals surface area contributed by atoms with E-state index in [2.05, 4.69) is 21.4 Å². The molecule has 6 nitrogen and oxygen atoms in total. The summed E-state index contributed by atoms with van der Waals surface area (Å²) in [5.74, 6) is 1.47. The Bertz CT molecular complexity index is 936. The van der Waals surface area contributed by atoms with Crippen LogP contribution < -0.4 is 9.64 Å². The van der Waals surface area contributed by atoms with Gasteiger partial charge >= 0.3 is 0 Å². The number of piperazine rings is 1. The highest BCUT2D eigenvalue weighted by molar-refractivity contribution is 7.09. The molecule has 1 aliphatic rings. The summed E-state index contributed by atoms with van der Waals surface area (Å²) in [7, 11) is 1.59. The highest BCUT2D eigenvalue weighted by Crippen LogP contribution is 2.23. The molecule has 0 bridgehead atoms. The fourth-order valence-corrected chi connectivity index (χ4v) is 4.05. The van der Waals surface area contributed by atoms with Crippen molar-refractivity contribution in [1.29, 1.82) is 0 Å². The lowest BCUT2D eigenvalue weighted by molar-refractivity contribution is 0.0743. The molecule has 1 saturated heterocycles. The monoisotopic (exact) mass is 394 g/mol. The lowest BCUT2D eigenvalue weighted by atomic mass is 10.1. The Balaban J connectivity index is 1.37. The van der Waals surface area contributed by atoms with Crippen molar-refractivity contribution in [2.45, 2.75) is 6.42 Å². The summed E-state index contributed by atoms with van der Waals surface area (Å²) in [4.78, 5) is 21.6. The van der Waals surface area contributed by atoms with Crippen LogP contribution in [0, 0.1) is 0 Å². The Morgan fingerprint density at radius 3 is 2.50 bits per heavy atom. The highest BCUT2D eigenvalue weighted by Gasteiger charge is 2.25. The van der Waals surface area contributed by atoms with Crippen LogP contribution in [0.4, 0.5) is 5.13 Å². The first kappa shape index (κ1) is 18.4. The Hall–Kier alpha value is -2.93. The number of ether oxygens (including phenoxy) is 1. The smallest absolute Gasteiger partial charge is 0.257 e. The van der Waals surface area contributed by atoms with E-state index in [0.29, 0.717) is 24.4 Å². The van der Waals surface area contributed by atoms with E-state index in [4.69, 9.17) is 9.72 Å². The minimum Gasteiger partial charge on any atom is -0.496 e. The van der Waals surface area contributed by atoms with Crippen LogP contribution in [0.5, 0.6) is 5.75 Å². The van der Waals surface area contributed by atoms with Crippen LogP contribution in [0.25, 0.3) is 0 Å². The third kappa shape index (κ3) is 3.99. The van der Waals surface area contributed by atoms with Gasteiger partial charge in [0.25, 0.3) is 5.91 Å². The second-order valence-corrected chi connectivity index (χ2v) is 7.37. The molecular formula is C21H22N4O2S. The maximum Gasteiger partial charge on any atom is 0.257 e. The fourth-order valence-electron chi connectivity index (χ4n) is 3.32. The first-order chi connectivity index (χ1) is 13.7. The third-order valence-corrected chi connectivity index (χ3v) is 5.65. The van der Waals surface area contributed by atoms with E-state index >= 15 is 0 Å². The SMILES string of the molecule is COc1ccccc1C(=O)N1CCN(c2nc(Cc3ccccc3)ns2)CC1. The predicted octanol–water partition coefficient (Wildman–Crippen LogP) is 3.10. The number of nitrogens with zero attached hydrogens (tertiary/aromatic N) is 4. The Labute approximate surface area is 168 Å². The molecule has 3 aromatic rings. The number of carbonyl (C=O) groups is 1. The van der Waals surface area contributed by atoms with Crippen LogP contribution in [-0.2, 0) is 6.42 Å². The van der Waals surface area contributed by atoms with E-state index < -0.39 is 0 Å². The summed E-state index contributed by atoms with van der Waals surface area (Å²) < 4.78 is 9.83. The predicted molar refractivity (Wildman–Crippen MR) is 110 cm³/mol. The van der Waals surface area contributed by atoms with Crippen LogP contribution in [0.3, 0.4) is 0 Å². The molecule has 144 valence electrons. The number of amides is 1. The van der Waals surface area contributed by atoms with Crippen LogP contribution >= 0.6 is 11.5 Å². The number of benzene rings is 2. The van der Waals surface area contributed by atoms with E-state index in [1.54, 1.807) is 7.11 Å². The molecule has 4 rings (SSSR count). The van der Waals surface area contributed by atoms with Gasteiger partial charge in [-0.25, -0.2) is 4.98 Å². The zero-order valence-electron chi connectivity index (χ0n) is 15.7. The van der Waals surface area contributed by atoms with Crippen molar-refractivity contribution in [1.82, 2.24) is 14.3 Å². The van der Waals surface area contributed by atoms with Gasteiger partial charge in [0, 0.05) is 44.1 Å². The molecule has 2 aromatic carbocycles. The topological polar surface area (TPSA) is 58.6 Å². The molecule has 0 atom stereocenters. The first-order valence-electron chi connectivity index (χ1n) is 9.28. The maximum absolute atomic E-state index is 12.8. The fraction of sp³-hybridized carbons (Fsp3) is 0.286. The molecule has 2 heterocycles. The molecule has 1 amide bonds. The normalized spacial score (nSPS) is 14.2. The van der Waals surface area contributed by atoms with Gasteiger partial charge in [-0.05, 0) is 17.7 Å². The van der Waals surface area contributed by atoms with Gasteiger partial charge in [0.2, 0.25) is 5.13 Å².